The Kier molecular flexibility index (Phi) is 6.24. The van der Waals surface area contributed by atoms with Crippen LogP contribution in [0.1, 0.15) is 30.1 Å². The maximum atomic E-state index is 6.18. The summed E-state index contributed by atoms with van der Waals surface area (Å²) in [6.45, 7) is 2.57. The molecule has 0 spiro atoms. The fraction of sp³-hybridized carbons (Fsp3) is 0.364. The van der Waals surface area contributed by atoms with Gasteiger partial charge in [-0.15, -0.1) is 0 Å². The second-order valence-corrected chi connectivity index (χ2v) is 7.52. The van der Waals surface area contributed by atoms with Crippen LogP contribution in [0.25, 0.3) is 0 Å². The van der Waals surface area contributed by atoms with E-state index in [1.807, 2.05) is 30.3 Å². The molecule has 0 aliphatic carbocycles. The first-order valence-corrected chi connectivity index (χ1v) is 10.1. The number of para-hydroxylation sites is 1. The monoisotopic (exact) mass is 397 g/mol. The molecule has 0 radical (unpaired) electrons. The van der Waals surface area contributed by atoms with Gasteiger partial charge in [-0.05, 0) is 37.0 Å². The van der Waals surface area contributed by atoms with Crippen LogP contribution in [0.5, 0.6) is 5.75 Å². The van der Waals surface area contributed by atoms with Crippen LogP contribution >= 0.6 is 11.6 Å². The molecule has 1 aromatic heterocycles. The SMILES string of the molecule is Clc1ccccc1OC1CCN(Cc2nc(CCc3ccccc3)no2)CC1. The number of halogens is 1. The minimum absolute atomic E-state index is 0.195. The standard InChI is InChI=1S/C22H24ClN3O2/c23-19-8-4-5-9-20(19)27-18-12-14-26(15-13-18)16-22-24-21(25-28-22)11-10-17-6-2-1-3-7-17/h1-9,18H,10-16H2. The Morgan fingerprint density at radius 2 is 1.75 bits per heavy atom. The highest BCUT2D eigenvalue weighted by molar-refractivity contribution is 6.32. The molecule has 6 heteroatoms. The van der Waals surface area contributed by atoms with Crippen LogP contribution in [0.15, 0.2) is 59.1 Å². The molecule has 4 rings (SSSR count). The van der Waals surface area contributed by atoms with Crippen LogP contribution in [0, 0.1) is 0 Å². The van der Waals surface area contributed by atoms with Gasteiger partial charge in [-0.25, -0.2) is 0 Å². The molecule has 0 amide bonds. The summed E-state index contributed by atoms with van der Waals surface area (Å²) in [4.78, 5) is 6.88. The van der Waals surface area contributed by atoms with Gasteiger partial charge in [0.1, 0.15) is 11.9 Å². The summed E-state index contributed by atoms with van der Waals surface area (Å²) in [6, 6.07) is 18.0. The van der Waals surface area contributed by atoms with Crippen LogP contribution in [0.3, 0.4) is 0 Å². The molecule has 28 heavy (non-hydrogen) atoms. The molecule has 0 atom stereocenters. The number of hydrogen-bond acceptors (Lipinski definition) is 5. The lowest BCUT2D eigenvalue weighted by atomic mass is 10.1. The Hall–Kier alpha value is -2.37. The number of likely N-dealkylation sites (tertiary alicyclic amines) is 1. The van der Waals surface area contributed by atoms with Crippen molar-refractivity contribution in [3.63, 3.8) is 0 Å². The average Bonchev–Trinajstić information content (AvgIpc) is 3.18. The fourth-order valence-corrected chi connectivity index (χ4v) is 3.63. The first-order valence-electron chi connectivity index (χ1n) is 9.75. The topological polar surface area (TPSA) is 51.4 Å². The van der Waals surface area contributed by atoms with E-state index >= 15 is 0 Å². The van der Waals surface area contributed by atoms with Gasteiger partial charge >= 0.3 is 0 Å². The summed E-state index contributed by atoms with van der Waals surface area (Å²) < 4.78 is 11.5. The van der Waals surface area contributed by atoms with Crippen molar-refractivity contribution in [2.45, 2.75) is 38.3 Å². The summed E-state index contributed by atoms with van der Waals surface area (Å²) >= 11 is 6.18. The molecule has 2 heterocycles. The number of ether oxygens (including phenoxy) is 1. The third-order valence-electron chi connectivity index (χ3n) is 5.01. The Labute approximate surface area is 170 Å². The van der Waals surface area contributed by atoms with Crippen molar-refractivity contribution in [2.75, 3.05) is 13.1 Å². The van der Waals surface area contributed by atoms with Crippen molar-refractivity contribution in [1.29, 1.82) is 0 Å². The van der Waals surface area contributed by atoms with E-state index < -0.39 is 0 Å². The minimum Gasteiger partial charge on any atom is -0.489 e. The van der Waals surface area contributed by atoms with Crippen LogP contribution in [0.4, 0.5) is 0 Å². The van der Waals surface area contributed by atoms with E-state index in [1.54, 1.807) is 0 Å². The molecule has 1 fully saturated rings. The molecule has 0 N–H and O–H groups in total. The molecule has 2 aromatic carbocycles. The lowest BCUT2D eigenvalue weighted by molar-refractivity contribution is 0.0905. The molecule has 1 aliphatic rings. The lowest BCUT2D eigenvalue weighted by Gasteiger charge is -2.31. The smallest absolute Gasteiger partial charge is 0.240 e. The van der Waals surface area contributed by atoms with Crippen molar-refractivity contribution in [1.82, 2.24) is 15.0 Å². The summed E-state index contributed by atoms with van der Waals surface area (Å²) in [6.07, 6.45) is 3.83. The number of hydrogen-bond donors (Lipinski definition) is 0. The molecule has 1 aliphatic heterocycles. The second-order valence-electron chi connectivity index (χ2n) is 7.11. The predicted octanol–water partition coefficient (Wildman–Crippen LogP) is 4.55. The van der Waals surface area contributed by atoms with Gasteiger partial charge in [0.15, 0.2) is 5.82 Å². The van der Waals surface area contributed by atoms with Crippen molar-refractivity contribution >= 4 is 11.6 Å². The zero-order valence-electron chi connectivity index (χ0n) is 15.8. The number of nitrogens with zero attached hydrogens (tertiary/aromatic N) is 3. The molecule has 146 valence electrons. The molecular formula is C22H24ClN3O2. The predicted molar refractivity (Wildman–Crippen MR) is 109 cm³/mol. The number of benzene rings is 2. The largest absolute Gasteiger partial charge is 0.489 e. The zero-order chi connectivity index (χ0) is 19.2. The molecule has 1 saturated heterocycles. The Morgan fingerprint density at radius 3 is 2.54 bits per heavy atom. The maximum absolute atomic E-state index is 6.18. The van der Waals surface area contributed by atoms with Gasteiger partial charge in [-0.3, -0.25) is 4.90 Å². The first kappa shape index (κ1) is 19.0. The molecular weight excluding hydrogens is 374 g/mol. The van der Waals surface area contributed by atoms with E-state index in [1.165, 1.54) is 5.56 Å². The Balaban J connectivity index is 1.23. The van der Waals surface area contributed by atoms with Gasteiger partial charge in [0.25, 0.3) is 0 Å². The molecule has 3 aromatic rings. The Bertz CT molecular complexity index is 876. The molecule has 0 unspecified atom stereocenters. The highest BCUT2D eigenvalue weighted by atomic mass is 35.5. The Morgan fingerprint density at radius 1 is 1.00 bits per heavy atom. The van der Waals surface area contributed by atoms with Gasteiger partial charge in [-0.2, -0.15) is 4.98 Å². The van der Waals surface area contributed by atoms with E-state index in [2.05, 4.69) is 39.3 Å². The van der Waals surface area contributed by atoms with E-state index in [9.17, 15) is 0 Å². The summed E-state index contributed by atoms with van der Waals surface area (Å²) in [5, 5.41) is 4.79. The van der Waals surface area contributed by atoms with E-state index in [4.69, 9.17) is 20.9 Å². The number of rotatable bonds is 7. The fourth-order valence-electron chi connectivity index (χ4n) is 3.45. The zero-order valence-corrected chi connectivity index (χ0v) is 16.5. The number of aromatic nitrogens is 2. The third kappa shape index (κ3) is 5.12. The quantitative estimate of drug-likeness (QED) is 0.585. The maximum Gasteiger partial charge on any atom is 0.240 e. The third-order valence-corrected chi connectivity index (χ3v) is 5.33. The van der Waals surface area contributed by atoms with E-state index in [0.717, 1.165) is 50.3 Å². The van der Waals surface area contributed by atoms with Crippen LogP contribution in [-0.2, 0) is 19.4 Å². The van der Waals surface area contributed by atoms with E-state index in [-0.39, 0.29) is 6.10 Å². The normalized spacial score (nSPS) is 15.6. The van der Waals surface area contributed by atoms with Gasteiger partial charge in [0.05, 0.1) is 11.6 Å². The highest BCUT2D eigenvalue weighted by Crippen LogP contribution is 2.27. The molecule has 0 saturated carbocycles. The van der Waals surface area contributed by atoms with Crippen LogP contribution in [-0.4, -0.2) is 34.2 Å². The van der Waals surface area contributed by atoms with E-state index in [0.29, 0.717) is 17.5 Å². The molecule has 0 bridgehead atoms. The summed E-state index contributed by atoms with van der Waals surface area (Å²) in [7, 11) is 0. The van der Waals surface area contributed by atoms with Crippen molar-refractivity contribution in [2.24, 2.45) is 0 Å². The second kappa shape index (κ2) is 9.22. The summed E-state index contributed by atoms with van der Waals surface area (Å²) in [5.74, 6) is 2.23. The number of piperidine rings is 1. The highest BCUT2D eigenvalue weighted by Gasteiger charge is 2.22. The van der Waals surface area contributed by atoms with Gasteiger partial charge in [0, 0.05) is 19.5 Å². The van der Waals surface area contributed by atoms with Gasteiger partial charge < -0.3 is 9.26 Å². The van der Waals surface area contributed by atoms with Crippen LogP contribution in [0.2, 0.25) is 5.02 Å². The number of aryl methyl sites for hydroxylation is 2. The minimum atomic E-state index is 0.195. The first-order chi connectivity index (χ1) is 13.8. The average molecular weight is 398 g/mol. The van der Waals surface area contributed by atoms with Gasteiger partial charge in [-0.1, -0.05) is 59.2 Å². The lowest BCUT2D eigenvalue weighted by Crippen LogP contribution is -2.37. The summed E-state index contributed by atoms with van der Waals surface area (Å²) in [5.41, 5.74) is 1.29. The van der Waals surface area contributed by atoms with Crippen molar-refractivity contribution < 1.29 is 9.26 Å². The van der Waals surface area contributed by atoms with Crippen LogP contribution < -0.4 is 4.74 Å². The molecule has 5 nitrogen and oxygen atoms in total. The van der Waals surface area contributed by atoms with Gasteiger partial charge in [0.2, 0.25) is 5.89 Å². The van der Waals surface area contributed by atoms with Crippen molar-refractivity contribution in [3.05, 3.63) is 76.9 Å². The van der Waals surface area contributed by atoms with Crippen molar-refractivity contribution in [3.8, 4) is 5.75 Å².